The van der Waals surface area contributed by atoms with Gasteiger partial charge in [0.25, 0.3) is 0 Å². The van der Waals surface area contributed by atoms with Gasteiger partial charge in [0.05, 0.1) is 23.7 Å². The molecule has 0 saturated heterocycles. The van der Waals surface area contributed by atoms with Crippen molar-refractivity contribution in [3.8, 4) is 11.8 Å². The quantitative estimate of drug-likeness (QED) is 0.544. The molecule has 1 heterocycles. The molecule has 134 valence electrons. The maximum absolute atomic E-state index is 8.54. The van der Waals surface area contributed by atoms with Crippen molar-refractivity contribution in [2.75, 3.05) is 13.2 Å². The number of nitrogens with one attached hydrogen (secondary N) is 2. The lowest BCUT2D eigenvalue weighted by molar-refractivity contribution is 0.312. The number of aromatic amines is 1. The Labute approximate surface area is 154 Å². The van der Waals surface area contributed by atoms with Crippen LogP contribution in [0.5, 0.6) is 5.75 Å². The summed E-state index contributed by atoms with van der Waals surface area (Å²) in [7, 11) is 0. The van der Waals surface area contributed by atoms with E-state index in [0.717, 1.165) is 55.0 Å². The molecule has 1 aromatic heterocycles. The second-order valence-electron chi connectivity index (χ2n) is 6.24. The van der Waals surface area contributed by atoms with Gasteiger partial charge in [0.1, 0.15) is 11.6 Å². The summed E-state index contributed by atoms with van der Waals surface area (Å²) in [6, 6.07) is 18.4. The largest absolute Gasteiger partial charge is 0.494 e. The average Bonchev–Trinajstić information content (AvgIpc) is 3.08. The van der Waals surface area contributed by atoms with Gasteiger partial charge in [-0.25, -0.2) is 4.98 Å². The van der Waals surface area contributed by atoms with Crippen molar-refractivity contribution < 1.29 is 4.74 Å². The van der Waals surface area contributed by atoms with Crippen molar-refractivity contribution in [3.63, 3.8) is 0 Å². The van der Waals surface area contributed by atoms with Gasteiger partial charge in [-0.15, -0.1) is 0 Å². The number of ether oxygens (including phenoxy) is 1. The number of unbranched alkanes of at least 4 members (excludes halogenated alkanes) is 1. The highest BCUT2D eigenvalue weighted by molar-refractivity contribution is 5.74. The molecule has 2 N–H and O–H groups in total. The van der Waals surface area contributed by atoms with Crippen LogP contribution in [0.4, 0.5) is 0 Å². The minimum absolute atomic E-state index is 0.534. The molecule has 0 saturated carbocycles. The highest BCUT2D eigenvalue weighted by atomic mass is 16.5. The first-order valence-electron chi connectivity index (χ1n) is 9.08. The van der Waals surface area contributed by atoms with E-state index < -0.39 is 0 Å². The Kier molecular flexibility index (Phi) is 6.63. The summed E-state index contributed by atoms with van der Waals surface area (Å²) in [5, 5.41) is 12.0. The van der Waals surface area contributed by atoms with Gasteiger partial charge >= 0.3 is 0 Å². The zero-order valence-electron chi connectivity index (χ0n) is 14.9. The molecule has 0 radical (unpaired) electrons. The molecule has 0 spiro atoms. The number of imidazole rings is 1. The van der Waals surface area contributed by atoms with Crippen LogP contribution < -0.4 is 10.1 Å². The molecule has 0 aliphatic carbocycles. The summed E-state index contributed by atoms with van der Waals surface area (Å²) in [4.78, 5) is 7.97. The first kappa shape index (κ1) is 18.0. The highest BCUT2D eigenvalue weighted by Crippen LogP contribution is 2.14. The fraction of sp³-hybridized carbons (Fsp3) is 0.333. The van der Waals surface area contributed by atoms with E-state index in [1.54, 1.807) is 0 Å². The van der Waals surface area contributed by atoms with Crippen LogP contribution in [0.3, 0.4) is 0 Å². The van der Waals surface area contributed by atoms with Gasteiger partial charge in [-0.05, 0) is 49.2 Å². The van der Waals surface area contributed by atoms with Crippen molar-refractivity contribution in [2.45, 2.75) is 32.2 Å². The van der Waals surface area contributed by atoms with Gasteiger partial charge < -0.3 is 15.0 Å². The van der Waals surface area contributed by atoms with Gasteiger partial charge in [-0.3, -0.25) is 0 Å². The molecule has 26 heavy (non-hydrogen) atoms. The average molecular weight is 348 g/mol. The predicted molar refractivity (Wildman–Crippen MR) is 103 cm³/mol. The lowest BCUT2D eigenvalue weighted by Gasteiger charge is -2.08. The fourth-order valence-electron chi connectivity index (χ4n) is 2.82. The van der Waals surface area contributed by atoms with Crippen LogP contribution >= 0.6 is 0 Å². The summed E-state index contributed by atoms with van der Waals surface area (Å²) in [5.41, 5.74) is 3.33. The van der Waals surface area contributed by atoms with Crippen LogP contribution in [0.15, 0.2) is 48.5 Å². The Morgan fingerprint density at radius 3 is 2.92 bits per heavy atom. The number of nitrogens with zero attached hydrogens (tertiary/aromatic N) is 2. The number of hydrogen-bond acceptors (Lipinski definition) is 4. The van der Waals surface area contributed by atoms with E-state index in [2.05, 4.69) is 39.6 Å². The van der Waals surface area contributed by atoms with Crippen LogP contribution in [0.2, 0.25) is 0 Å². The molecular formula is C21H24N4O. The molecule has 0 aliphatic rings. The zero-order valence-corrected chi connectivity index (χ0v) is 14.9. The van der Waals surface area contributed by atoms with Crippen LogP contribution in [-0.2, 0) is 13.0 Å². The summed E-state index contributed by atoms with van der Waals surface area (Å²) in [5.74, 6) is 1.91. The molecule has 3 aromatic rings. The SMILES string of the molecule is N#CCCCOc1cccc(CNCCCc2nc3ccccc3[nH]2)c1. The van der Waals surface area contributed by atoms with Crippen molar-refractivity contribution in [2.24, 2.45) is 0 Å². The molecule has 5 heteroatoms. The first-order valence-corrected chi connectivity index (χ1v) is 9.08. The van der Waals surface area contributed by atoms with Crippen LogP contribution in [0.1, 0.15) is 30.7 Å². The van der Waals surface area contributed by atoms with E-state index in [-0.39, 0.29) is 0 Å². The summed E-state index contributed by atoms with van der Waals surface area (Å²) >= 11 is 0. The molecule has 0 atom stereocenters. The molecule has 0 unspecified atom stereocenters. The lowest BCUT2D eigenvalue weighted by atomic mass is 10.2. The standard InChI is InChI=1S/C21H24N4O/c22-12-3-4-14-26-18-8-5-7-17(15-18)16-23-13-6-11-21-24-19-9-1-2-10-20(19)25-21/h1-2,5,7-10,15,23H,3-4,6,11,13-14,16H2,(H,24,25). The third kappa shape index (κ3) is 5.33. The molecule has 0 amide bonds. The number of fused-ring (bicyclic) bond motifs is 1. The minimum Gasteiger partial charge on any atom is -0.494 e. The third-order valence-corrected chi connectivity index (χ3v) is 4.13. The molecule has 0 aliphatic heterocycles. The van der Waals surface area contributed by atoms with E-state index in [1.165, 1.54) is 5.56 Å². The number of H-pyrrole nitrogens is 1. The number of hydrogen-bond donors (Lipinski definition) is 2. The Morgan fingerprint density at radius 2 is 2.04 bits per heavy atom. The number of nitriles is 1. The minimum atomic E-state index is 0.534. The Morgan fingerprint density at radius 1 is 1.12 bits per heavy atom. The fourth-order valence-corrected chi connectivity index (χ4v) is 2.82. The Bertz CT molecular complexity index is 833. The van der Waals surface area contributed by atoms with E-state index in [0.29, 0.717) is 13.0 Å². The van der Waals surface area contributed by atoms with Gasteiger partial charge in [0.2, 0.25) is 0 Å². The van der Waals surface area contributed by atoms with Crippen molar-refractivity contribution >= 4 is 11.0 Å². The topological polar surface area (TPSA) is 73.7 Å². The summed E-state index contributed by atoms with van der Waals surface area (Å²) in [6.45, 7) is 2.34. The number of aryl methyl sites for hydroxylation is 1. The van der Waals surface area contributed by atoms with E-state index in [4.69, 9.17) is 10.00 Å². The van der Waals surface area contributed by atoms with Crippen molar-refractivity contribution in [1.29, 1.82) is 5.26 Å². The van der Waals surface area contributed by atoms with Gasteiger partial charge in [-0.1, -0.05) is 24.3 Å². The van der Waals surface area contributed by atoms with Crippen LogP contribution in [0, 0.1) is 11.3 Å². The third-order valence-electron chi connectivity index (χ3n) is 4.13. The number of rotatable bonds is 10. The van der Waals surface area contributed by atoms with Gasteiger partial charge in [-0.2, -0.15) is 5.26 Å². The van der Waals surface area contributed by atoms with E-state index in [9.17, 15) is 0 Å². The number of benzene rings is 2. The van der Waals surface area contributed by atoms with Crippen molar-refractivity contribution in [3.05, 3.63) is 59.9 Å². The van der Waals surface area contributed by atoms with Crippen LogP contribution in [-0.4, -0.2) is 23.1 Å². The van der Waals surface area contributed by atoms with Crippen molar-refractivity contribution in [1.82, 2.24) is 15.3 Å². The number of aromatic nitrogens is 2. The van der Waals surface area contributed by atoms with E-state index >= 15 is 0 Å². The Balaban J connectivity index is 1.37. The second-order valence-corrected chi connectivity index (χ2v) is 6.24. The smallest absolute Gasteiger partial charge is 0.119 e. The lowest BCUT2D eigenvalue weighted by Crippen LogP contribution is -2.15. The molecule has 3 rings (SSSR count). The molecule has 2 aromatic carbocycles. The monoisotopic (exact) mass is 348 g/mol. The molecular weight excluding hydrogens is 324 g/mol. The summed E-state index contributed by atoms with van der Waals surface area (Å²) < 4.78 is 5.67. The maximum Gasteiger partial charge on any atom is 0.119 e. The normalized spacial score (nSPS) is 10.7. The predicted octanol–water partition coefficient (Wildman–Crippen LogP) is 3.97. The van der Waals surface area contributed by atoms with Crippen LogP contribution in [0.25, 0.3) is 11.0 Å². The first-order chi connectivity index (χ1) is 12.8. The number of para-hydroxylation sites is 2. The Hall–Kier alpha value is -2.84. The zero-order chi connectivity index (χ0) is 18.0. The maximum atomic E-state index is 8.54. The highest BCUT2D eigenvalue weighted by Gasteiger charge is 2.02. The second kappa shape index (κ2) is 9.59. The van der Waals surface area contributed by atoms with Gasteiger partial charge in [0.15, 0.2) is 0 Å². The van der Waals surface area contributed by atoms with E-state index in [1.807, 2.05) is 30.3 Å². The molecule has 0 fully saturated rings. The molecule has 0 bridgehead atoms. The molecule has 5 nitrogen and oxygen atoms in total. The summed E-state index contributed by atoms with van der Waals surface area (Å²) in [6.07, 6.45) is 3.27. The van der Waals surface area contributed by atoms with Gasteiger partial charge in [0, 0.05) is 19.4 Å².